The monoisotopic (exact) mass is 437 g/mol. The first-order valence-corrected chi connectivity index (χ1v) is 12.3. The molecule has 0 radical (unpaired) electrons. The summed E-state index contributed by atoms with van der Waals surface area (Å²) in [6.07, 6.45) is 4.15. The molecule has 2 heterocycles. The molecule has 2 saturated heterocycles. The Morgan fingerprint density at radius 2 is 1.47 bits per heavy atom. The number of benzene rings is 1. The highest BCUT2D eigenvalue weighted by Gasteiger charge is 2.32. The summed E-state index contributed by atoms with van der Waals surface area (Å²) in [4.78, 5) is 16.7. The Bertz CT molecular complexity index is 817. The fraction of sp³-hybridized carbons (Fsp3) is 0.682. The van der Waals surface area contributed by atoms with Gasteiger partial charge in [-0.3, -0.25) is 0 Å². The van der Waals surface area contributed by atoms with Crippen LogP contribution in [0.25, 0.3) is 0 Å². The Morgan fingerprint density at radius 1 is 0.967 bits per heavy atom. The van der Waals surface area contributed by atoms with Gasteiger partial charge in [0.05, 0.1) is 4.90 Å². The second kappa shape index (κ2) is 9.14. The highest BCUT2D eigenvalue weighted by atomic mass is 32.2. The van der Waals surface area contributed by atoms with E-state index in [1.165, 1.54) is 7.05 Å². The zero-order chi connectivity index (χ0) is 21.9. The van der Waals surface area contributed by atoms with Crippen molar-refractivity contribution in [3.8, 4) is 0 Å². The summed E-state index contributed by atoms with van der Waals surface area (Å²) in [7, 11) is -1.97. The Morgan fingerprint density at radius 3 is 1.93 bits per heavy atom. The molecule has 1 N–H and O–H groups in total. The SMILES string of the molecule is CNS(=O)(=O)c1ccc(N2CCC(C3CCN(C(=O)OC(C)(C)C)CC3)CC2)cc1. The van der Waals surface area contributed by atoms with Crippen molar-refractivity contribution in [1.29, 1.82) is 0 Å². The lowest BCUT2D eigenvalue weighted by molar-refractivity contribution is 0.0152. The van der Waals surface area contributed by atoms with Crippen LogP contribution in [-0.4, -0.2) is 58.2 Å². The molecule has 8 heteroatoms. The number of hydrogen-bond acceptors (Lipinski definition) is 5. The molecule has 0 atom stereocenters. The second-order valence-corrected chi connectivity index (χ2v) is 11.2. The van der Waals surface area contributed by atoms with Crippen LogP contribution in [0.4, 0.5) is 10.5 Å². The molecule has 30 heavy (non-hydrogen) atoms. The van der Waals surface area contributed by atoms with Crippen molar-refractivity contribution in [2.24, 2.45) is 11.8 Å². The number of ether oxygens (including phenoxy) is 1. The Labute approximate surface area is 180 Å². The van der Waals surface area contributed by atoms with Gasteiger partial charge in [0.2, 0.25) is 10.0 Å². The predicted molar refractivity (Wildman–Crippen MR) is 118 cm³/mol. The van der Waals surface area contributed by atoms with Gasteiger partial charge in [-0.05, 0) is 89.6 Å². The van der Waals surface area contributed by atoms with Gasteiger partial charge < -0.3 is 14.5 Å². The van der Waals surface area contributed by atoms with Crippen molar-refractivity contribution in [3.05, 3.63) is 24.3 Å². The second-order valence-electron chi connectivity index (χ2n) is 9.33. The number of carbonyl (C=O) groups excluding carboxylic acids is 1. The van der Waals surface area contributed by atoms with E-state index in [4.69, 9.17) is 4.74 Å². The zero-order valence-corrected chi connectivity index (χ0v) is 19.4. The van der Waals surface area contributed by atoms with Crippen LogP contribution < -0.4 is 9.62 Å². The fourth-order valence-electron chi connectivity index (χ4n) is 4.46. The number of carbonyl (C=O) groups is 1. The first kappa shape index (κ1) is 22.9. The first-order valence-electron chi connectivity index (χ1n) is 10.9. The van der Waals surface area contributed by atoms with Crippen LogP contribution in [0.2, 0.25) is 0 Å². The lowest BCUT2D eigenvalue weighted by Crippen LogP contribution is -2.44. The van der Waals surface area contributed by atoms with E-state index >= 15 is 0 Å². The molecule has 3 rings (SSSR count). The molecule has 1 amide bonds. The lowest BCUT2D eigenvalue weighted by Gasteiger charge is -2.41. The molecular weight excluding hydrogens is 402 g/mol. The third-order valence-electron chi connectivity index (χ3n) is 6.18. The molecule has 2 aliphatic rings. The number of likely N-dealkylation sites (tertiary alicyclic amines) is 1. The fourth-order valence-corrected chi connectivity index (χ4v) is 5.19. The van der Waals surface area contributed by atoms with Crippen LogP contribution in [0, 0.1) is 11.8 Å². The molecule has 2 aliphatic heterocycles. The van der Waals surface area contributed by atoms with E-state index in [9.17, 15) is 13.2 Å². The summed E-state index contributed by atoms with van der Waals surface area (Å²) in [6.45, 7) is 9.22. The number of hydrogen-bond donors (Lipinski definition) is 1. The number of amides is 1. The molecule has 0 aliphatic carbocycles. The third-order valence-corrected chi connectivity index (χ3v) is 7.61. The maximum absolute atomic E-state index is 12.3. The highest BCUT2D eigenvalue weighted by Crippen LogP contribution is 2.34. The summed E-state index contributed by atoms with van der Waals surface area (Å²) in [5.41, 5.74) is 0.624. The first-order chi connectivity index (χ1) is 14.1. The van der Waals surface area contributed by atoms with Crippen molar-refractivity contribution in [2.75, 3.05) is 38.1 Å². The summed E-state index contributed by atoms with van der Waals surface area (Å²) in [5, 5.41) is 0. The molecule has 1 aromatic rings. The van der Waals surface area contributed by atoms with Gasteiger partial charge in [0, 0.05) is 31.9 Å². The average Bonchev–Trinajstić information content (AvgIpc) is 2.73. The van der Waals surface area contributed by atoms with Crippen molar-refractivity contribution < 1.29 is 17.9 Å². The summed E-state index contributed by atoms with van der Waals surface area (Å²) < 4.78 is 31.6. The smallest absolute Gasteiger partial charge is 0.410 e. The van der Waals surface area contributed by atoms with Crippen molar-refractivity contribution >= 4 is 21.8 Å². The predicted octanol–water partition coefficient (Wildman–Crippen LogP) is 3.46. The van der Waals surface area contributed by atoms with Gasteiger partial charge in [0.25, 0.3) is 0 Å². The molecular formula is C22H35N3O4S. The zero-order valence-electron chi connectivity index (χ0n) is 18.6. The molecule has 168 valence electrons. The average molecular weight is 438 g/mol. The van der Waals surface area contributed by atoms with Gasteiger partial charge in [0.1, 0.15) is 5.60 Å². The number of nitrogens with one attached hydrogen (secondary N) is 1. The van der Waals surface area contributed by atoms with Gasteiger partial charge in [-0.1, -0.05) is 0 Å². The molecule has 0 unspecified atom stereocenters. The van der Waals surface area contributed by atoms with Crippen molar-refractivity contribution in [3.63, 3.8) is 0 Å². The topological polar surface area (TPSA) is 79.0 Å². The number of piperidine rings is 2. The normalized spacial score (nSPS) is 19.7. The van der Waals surface area contributed by atoms with Gasteiger partial charge in [-0.25, -0.2) is 17.9 Å². The Hall–Kier alpha value is -1.80. The maximum Gasteiger partial charge on any atom is 0.410 e. The minimum Gasteiger partial charge on any atom is -0.444 e. The molecule has 2 fully saturated rings. The van der Waals surface area contributed by atoms with Crippen molar-refractivity contribution in [1.82, 2.24) is 9.62 Å². The number of rotatable bonds is 4. The van der Waals surface area contributed by atoms with Crippen LogP contribution >= 0.6 is 0 Å². The minimum atomic E-state index is -3.40. The quantitative estimate of drug-likeness (QED) is 0.780. The van der Waals surface area contributed by atoms with Crippen LogP contribution in [0.5, 0.6) is 0 Å². The highest BCUT2D eigenvalue weighted by molar-refractivity contribution is 7.89. The maximum atomic E-state index is 12.3. The van der Waals surface area contributed by atoms with Crippen LogP contribution in [-0.2, 0) is 14.8 Å². The summed E-state index contributed by atoms with van der Waals surface area (Å²) >= 11 is 0. The number of anilines is 1. The minimum absolute atomic E-state index is 0.195. The molecule has 0 saturated carbocycles. The molecule has 0 aromatic heterocycles. The van der Waals surface area contributed by atoms with E-state index in [-0.39, 0.29) is 6.09 Å². The molecule has 0 bridgehead atoms. The largest absolute Gasteiger partial charge is 0.444 e. The van der Waals surface area contributed by atoms with Gasteiger partial charge in [0.15, 0.2) is 0 Å². The van der Waals surface area contributed by atoms with Crippen LogP contribution in [0.15, 0.2) is 29.2 Å². The van der Waals surface area contributed by atoms with E-state index in [0.29, 0.717) is 16.7 Å². The van der Waals surface area contributed by atoms with E-state index in [1.807, 2.05) is 37.8 Å². The van der Waals surface area contributed by atoms with E-state index < -0.39 is 15.6 Å². The Balaban J connectivity index is 1.48. The van der Waals surface area contributed by atoms with E-state index in [1.54, 1.807) is 12.1 Å². The number of sulfonamides is 1. The van der Waals surface area contributed by atoms with Crippen molar-refractivity contribution in [2.45, 2.75) is 57.0 Å². The van der Waals surface area contributed by atoms with Crippen LogP contribution in [0.3, 0.4) is 0 Å². The van der Waals surface area contributed by atoms with Gasteiger partial charge >= 0.3 is 6.09 Å². The van der Waals surface area contributed by atoms with Gasteiger partial charge in [-0.2, -0.15) is 0 Å². The summed E-state index contributed by atoms with van der Waals surface area (Å²) in [5.74, 6) is 1.35. The molecule has 7 nitrogen and oxygen atoms in total. The standard InChI is InChI=1S/C22H35N3O4S/c1-22(2,3)29-21(26)25-15-11-18(12-16-25)17-9-13-24(14-10-17)19-5-7-20(8-6-19)30(27,28)23-4/h5-8,17-18,23H,9-16H2,1-4H3. The van der Waals surface area contributed by atoms with E-state index in [2.05, 4.69) is 9.62 Å². The lowest BCUT2D eigenvalue weighted by atomic mass is 9.79. The Kier molecular flexibility index (Phi) is 6.97. The number of nitrogens with zero attached hydrogens (tertiary/aromatic N) is 2. The molecule has 1 aromatic carbocycles. The van der Waals surface area contributed by atoms with Gasteiger partial charge in [-0.15, -0.1) is 0 Å². The third kappa shape index (κ3) is 5.66. The van der Waals surface area contributed by atoms with E-state index in [0.717, 1.165) is 57.5 Å². The molecule has 0 spiro atoms. The summed E-state index contributed by atoms with van der Waals surface area (Å²) in [6, 6.07) is 7.12. The van der Waals surface area contributed by atoms with Crippen LogP contribution in [0.1, 0.15) is 46.5 Å².